The Morgan fingerprint density at radius 2 is 1.71 bits per heavy atom. The van der Waals surface area contributed by atoms with Crippen LogP contribution in [0.2, 0.25) is 0 Å². The SMILES string of the molecule is CC(C)(C)[C@H]1CC[C@@H](NC(N)=O)CC1. The Hall–Kier alpha value is -0.730. The molecule has 0 aromatic heterocycles. The van der Waals surface area contributed by atoms with Gasteiger partial charge >= 0.3 is 6.03 Å². The molecule has 0 spiro atoms. The van der Waals surface area contributed by atoms with E-state index in [9.17, 15) is 4.79 Å². The highest BCUT2D eigenvalue weighted by Gasteiger charge is 2.29. The first kappa shape index (κ1) is 11.3. The Bertz CT molecular complexity index is 200. The molecule has 2 amide bonds. The third-order valence-electron chi connectivity index (χ3n) is 3.30. The molecule has 0 aromatic carbocycles. The molecule has 3 N–H and O–H groups in total. The molecule has 3 nitrogen and oxygen atoms in total. The van der Waals surface area contributed by atoms with Crippen molar-refractivity contribution in [3.8, 4) is 0 Å². The first-order chi connectivity index (χ1) is 6.39. The Kier molecular flexibility index (Phi) is 3.40. The van der Waals surface area contributed by atoms with Gasteiger partial charge in [0.2, 0.25) is 0 Å². The molecule has 3 heteroatoms. The lowest BCUT2D eigenvalue weighted by Gasteiger charge is -2.36. The van der Waals surface area contributed by atoms with Crippen LogP contribution in [-0.4, -0.2) is 12.1 Å². The van der Waals surface area contributed by atoms with Gasteiger partial charge in [-0.25, -0.2) is 4.79 Å². The van der Waals surface area contributed by atoms with Gasteiger partial charge in [-0.1, -0.05) is 20.8 Å². The Labute approximate surface area is 86.4 Å². The molecule has 0 radical (unpaired) electrons. The van der Waals surface area contributed by atoms with Crippen molar-refractivity contribution in [3.05, 3.63) is 0 Å². The molecule has 0 aromatic rings. The summed E-state index contributed by atoms with van der Waals surface area (Å²) in [7, 11) is 0. The number of amides is 2. The van der Waals surface area contributed by atoms with Gasteiger partial charge in [-0.15, -0.1) is 0 Å². The molecule has 1 saturated carbocycles. The normalized spacial score (nSPS) is 28.5. The predicted octanol–water partition coefficient (Wildman–Crippen LogP) is 2.26. The second-order valence-electron chi connectivity index (χ2n) is 5.42. The third-order valence-corrected chi connectivity index (χ3v) is 3.30. The number of primary amides is 1. The predicted molar refractivity (Wildman–Crippen MR) is 57.9 cm³/mol. The van der Waals surface area contributed by atoms with Crippen molar-refractivity contribution < 1.29 is 4.79 Å². The van der Waals surface area contributed by atoms with Crippen LogP contribution in [0.4, 0.5) is 4.79 Å². The van der Waals surface area contributed by atoms with Crippen molar-refractivity contribution in [3.63, 3.8) is 0 Å². The Morgan fingerprint density at radius 1 is 1.21 bits per heavy atom. The van der Waals surface area contributed by atoms with E-state index in [-0.39, 0.29) is 6.03 Å². The lowest BCUT2D eigenvalue weighted by atomic mass is 9.71. The molecule has 0 saturated heterocycles. The van der Waals surface area contributed by atoms with Crippen LogP contribution in [-0.2, 0) is 0 Å². The van der Waals surface area contributed by atoms with Gasteiger partial charge in [0, 0.05) is 6.04 Å². The summed E-state index contributed by atoms with van der Waals surface area (Å²) in [5.74, 6) is 0.786. The van der Waals surface area contributed by atoms with E-state index >= 15 is 0 Å². The van der Waals surface area contributed by atoms with Gasteiger partial charge in [-0.2, -0.15) is 0 Å². The maximum atomic E-state index is 10.7. The van der Waals surface area contributed by atoms with Crippen LogP contribution in [0.1, 0.15) is 46.5 Å². The average Bonchev–Trinajstić information content (AvgIpc) is 2.02. The molecule has 0 bridgehead atoms. The number of rotatable bonds is 1. The van der Waals surface area contributed by atoms with Gasteiger partial charge < -0.3 is 11.1 Å². The molecule has 1 fully saturated rings. The van der Waals surface area contributed by atoms with Crippen LogP contribution in [0, 0.1) is 11.3 Å². The Balaban J connectivity index is 2.35. The minimum atomic E-state index is -0.385. The summed E-state index contributed by atoms with van der Waals surface area (Å²) < 4.78 is 0. The molecule has 0 heterocycles. The number of hydrogen-bond donors (Lipinski definition) is 2. The van der Waals surface area contributed by atoms with E-state index in [2.05, 4.69) is 26.1 Å². The quantitative estimate of drug-likeness (QED) is 0.667. The molecule has 82 valence electrons. The summed E-state index contributed by atoms with van der Waals surface area (Å²) in [6, 6.07) is -0.0738. The van der Waals surface area contributed by atoms with Gasteiger partial charge in [0.05, 0.1) is 0 Å². The zero-order valence-electron chi connectivity index (χ0n) is 9.47. The lowest BCUT2D eigenvalue weighted by Crippen LogP contribution is -2.42. The highest BCUT2D eigenvalue weighted by Crippen LogP contribution is 2.37. The fourth-order valence-electron chi connectivity index (χ4n) is 2.30. The molecule has 14 heavy (non-hydrogen) atoms. The molecule has 1 rings (SSSR count). The molecule has 1 aliphatic rings. The van der Waals surface area contributed by atoms with Crippen LogP contribution in [0.3, 0.4) is 0 Å². The highest BCUT2D eigenvalue weighted by molar-refractivity contribution is 5.71. The van der Waals surface area contributed by atoms with E-state index in [1.165, 1.54) is 12.8 Å². The van der Waals surface area contributed by atoms with Crippen molar-refractivity contribution in [1.29, 1.82) is 0 Å². The molecule has 0 aliphatic heterocycles. The van der Waals surface area contributed by atoms with Crippen molar-refractivity contribution in [2.45, 2.75) is 52.5 Å². The number of nitrogens with two attached hydrogens (primary N) is 1. The van der Waals surface area contributed by atoms with Crippen molar-refractivity contribution in [1.82, 2.24) is 5.32 Å². The smallest absolute Gasteiger partial charge is 0.312 e. The molecular weight excluding hydrogens is 176 g/mol. The fourth-order valence-corrected chi connectivity index (χ4v) is 2.30. The first-order valence-electron chi connectivity index (χ1n) is 5.45. The van der Waals surface area contributed by atoms with E-state index in [0.717, 1.165) is 18.8 Å². The molecule has 0 atom stereocenters. The second-order valence-corrected chi connectivity index (χ2v) is 5.42. The molecular formula is C11H22N2O. The van der Waals surface area contributed by atoms with Crippen LogP contribution in [0.15, 0.2) is 0 Å². The summed E-state index contributed by atoms with van der Waals surface area (Å²) in [5, 5.41) is 2.79. The van der Waals surface area contributed by atoms with Gasteiger partial charge in [-0.05, 0) is 37.0 Å². The minimum Gasteiger partial charge on any atom is -0.352 e. The van der Waals surface area contributed by atoms with Gasteiger partial charge in [-0.3, -0.25) is 0 Å². The fraction of sp³-hybridized carbons (Fsp3) is 0.909. The monoisotopic (exact) mass is 198 g/mol. The zero-order valence-corrected chi connectivity index (χ0v) is 9.47. The minimum absolute atomic E-state index is 0.311. The average molecular weight is 198 g/mol. The van der Waals surface area contributed by atoms with E-state index in [0.29, 0.717) is 11.5 Å². The topological polar surface area (TPSA) is 55.1 Å². The van der Waals surface area contributed by atoms with Gasteiger partial charge in [0.15, 0.2) is 0 Å². The highest BCUT2D eigenvalue weighted by atomic mass is 16.2. The van der Waals surface area contributed by atoms with Crippen molar-refractivity contribution in [2.75, 3.05) is 0 Å². The van der Waals surface area contributed by atoms with Crippen LogP contribution < -0.4 is 11.1 Å². The largest absolute Gasteiger partial charge is 0.352 e. The number of carbonyl (C=O) groups excluding carboxylic acids is 1. The zero-order chi connectivity index (χ0) is 10.8. The van der Waals surface area contributed by atoms with Crippen molar-refractivity contribution >= 4 is 6.03 Å². The maximum Gasteiger partial charge on any atom is 0.312 e. The summed E-state index contributed by atoms with van der Waals surface area (Å²) in [4.78, 5) is 10.7. The summed E-state index contributed by atoms with van der Waals surface area (Å²) in [6.45, 7) is 6.87. The second kappa shape index (κ2) is 4.20. The summed E-state index contributed by atoms with van der Waals surface area (Å²) in [5.41, 5.74) is 5.49. The molecule has 1 aliphatic carbocycles. The molecule has 0 unspecified atom stereocenters. The first-order valence-corrected chi connectivity index (χ1v) is 5.45. The Morgan fingerprint density at radius 3 is 2.07 bits per heavy atom. The van der Waals surface area contributed by atoms with E-state index in [1.54, 1.807) is 0 Å². The summed E-state index contributed by atoms with van der Waals surface area (Å²) in [6.07, 6.45) is 4.55. The van der Waals surface area contributed by atoms with E-state index < -0.39 is 0 Å². The summed E-state index contributed by atoms with van der Waals surface area (Å²) >= 11 is 0. The van der Waals surface area contributed by atoms with Crippen LogP contribution in [0.25, 0.3) is 0 Å². The third kappa shape index (κ3) is 3.20. The standard InChI is InChI=1S/C11H22N2O/c1-11(2,3)8-4-6-9(7-5-8)13-10(12)14/h8-9H,4-7H2,1-3H3,(H3,12,13,14)/t8-,9+. The van der Waals surface area contributed by atoms with Crippen LogP contribution >= 0.6 is 0 Å². The number of nitrogens with one attached hydrogen (secondary N) is 1. The van der Waals surface area contributed by atoms with Gasteiger partial charge in [0.25, 0.3) is 0 Å². The number of carbonyl (C=O) groups is 1. The lowest BCUT2D eigenvalue weighted by molar-refractivity contribution is 0.161. The van der Waals surface area contributed by atoms with E-state index in [4.69, 9.17) is 5.73 Å². The van der Waals surface area contributed by atoms with Crippen LogP contribution in [0.5, 0.6) is 0 Å². The van der Waals surface area contributed by atoms with Crippen molar-refractivity contribution in [2.24, 2.45) is 17.1 Å². The van der Waals surface area contributed by atoms with Gasteiger partial charge in [0.1, 0.15) is 0 Å². The number of urea groups is 1. The van der Waals surface area contributed by atoms with E-state index in [1.807, 2.05) is 0 Å². The maximum absolute atomic E-state index is 10.7. The number of hydrogen-bond acceptors (Lipinski definition) is 1.